The van der Waals surface area contributed by atoms with Crippen molar-refractivity contribution in [1.82, 2.24) is 14.9 Å². The number of rotatable bonds is 8. The Morgan fingerprint density at radius 3 is 2.43 bits per heavy atom. The number of benzene rings is 1. The number of nitrogens with zero attached hydrogens (tertiary/aromatic N) is 2. The third-order valence-electron chi connectivity index (χ3n) is 3.30. The first-order valence-electron chi connectivity index (χ1n) is 7.51. The highest BCUT2D eigenvalue weighted by Gasteiger charge is 2.13. The normalized spacial score (nSPS) is 12.5. The van der Waals surface area contributed by atoms with Gasteiger partial charge in [-0.2, -0.15) is 0 Å². The second-order valence-corrected chi connectivity index (χ2v) is 7.07. The second-order valence-electron chi connectivity index (χ2n) is 5.09. The molecule has 1 aromatic carbocycles. The maximum absolute atomic E-state index is 12.8. The minimum atomic E-state index is -3.14. The molecule has 0 aliphatic carbocycles. The van der Waals surface area contributed by atoms with Crippen LogP contribution in [0.1, 0.15) is 18.9 Å². The van der Waals surface area contributed by atoms with Crippen molar-refractivity contribution in [3.8, 4) is 0 Å². The number of hydrogen-bond donors (Lipinski definition) is 2. The Bertz CT molecular complexity index is 602. The Balaban J connectivity index is 2.33. The SMILES string of the molecule is CCN(CCCNC(=NC)NCc1ccc(F)cc1)S(C)(=O)=O. The molecule has 0 heterocycles. The fourth-order valence-corrected chi connectivity index (χ4v) is 2.96. The fourth-order valence-electron chi connectivity index (χ4n) is 2.03. The zero-order valence-electron chi connectivity index (χ0n) is 13.8. The van der Waals surface area contributed by atoms with Crippen LogP contribution in [0.25, 0.3) is 0 Å². The van der Waals surface area contributed by atoms with E-state index in [9.17, 15) is 12.8 Å². The molecule has 2 N–H and O–H groups in total. The average Bonchev–Trinajstić information content (AvgIpc) is 2.50. The smallest absolute Gasteiger partial charge is 0.211 e. The number of nitrogens with one attached hydrogen (secondary N) is 2. The van der Waals surface area contributed by atoms with E-state index >= 15 is 0 Å². The van der Waals surface area contributed by atoms with Gasteiger partial charge < -0.3 is 10.6 Å². The summed E-state index contributed by atoms with van der Waals surface area (Å²) in [6.45, 7) is 3.89. The highest BCUT2D eigenvalue weighted by atomic mass is 32.2. The zero-order valence-corrected chi connectivity index (χ0v) is 14.7. The van der Waals surface area contributed by atoms with Crippen LogP contribution in [0, 0.1) is 5.82 Å². The van der Waals surface area contributed by atoms with E-state index in [1.165, 1.54) is 22.7 Å². The molecule has 0 aromatic heterocycles. The molecule has 0 spiro atoms. The van der Waals surface area contributed by atoms with E-state index in [2.05, 4.69) is 15.6 Å². The van der Waals surface area contributed by atoms with Gasteiger partial charge in [0.15, 0.2) is 5.96 Å². The zero-order chi connectivity index (χ0) is 17.3. The fraction of sp³-hybridized carbons (Fsp3) is 0.533. The Kier molecular flexibility index (Phi) is 7.97. The molecule has 0 saturated heterocycles. The van der Waals surface area contributed by atoms with Crippen LogP contribution >= 0.6 is 0 Å². The van der Waals surface area contributed by atoms with Crippen molar-refractivity contribution in [2.45, 2.75) is 19.9 Å². The molecule has 1 rings (SSSR count). The number of halogens is 1. The maximum Gasteiger partial charge on any atom is 0.211 e. The van der Waals surface area contributed by atoms with Crippen LogP contribution in [0.2, 0.25) is 0 Å². The van der Waals surface area contributed by atoms with Gasteiger partial charge in [-0.1, -0.05) is 19.1 Å². The third-order valence-corrected chi connectivity index (χ3v) is 4.67. The van der Waals surface area contributed by atoms with E-state index in [1.807, 2.05) is 6.92 Å². The first-order valence-corrected chi connectivity index (χ1v) is 9.35. The van der Waals surface area contributed by atoms with Crippen LogP contribution in [0.5, 0.6) is 0 Å². The number of sulfonamides is 1. The predicted molar refractivity (Wildman–Crippen MR) is 91.3 cm³/mol. The Morgan fingerprint density at radius 1 is 1.26 bits per heavy atom. The molecule has 0 aliphatic rings. The molecule has 0 amide bonds. The molecule has 0 bridgehead atoms. The van der Waals surface area contributed by atoms with Gasteiger partial charge in [0.2, 0.25) is 10.0 Å². The summed E-state index contributed by atoms with van der Waals surface area (Å²) in [7, 11) is -1.48. The molecular weight excluding hydrogens is 319 g/mol. The Morgan fingerprint density at radius 2 is 1.91 bits per heavy atom. The van der Waals surface area contributed by atoms with E-state index in [4.69, 9.17) is 0 Å². The molecular formula is C15H25FN4O2S. The number of guanidine groups is 1. The van der Waals surface area contributed by atoms with E-state index < -0.39 is 10.0 Å². The molecule has 130 valence electrons. The van der Waals surface area contributed by atoms with Crippen LogP contribution in [0.3, 0.4) is 0 Å². The Labute approximate surface area is 137 Å². The van der Waals surface area contributed by atoms with Gasteiger partial charge in [-0.3, -0.25) is 4.99 Å². The van der Waals surface area contributed by atoms with Crippen molar-refractivity contribution < 1.29 is 12.8 Å². The summed E-state index contributed by atoms with van der Waals surface area (Å²) in [5, 5.41) is 6.25. The van der Waals surface area contributed by atoms with Gasteiger partial charge in [0, 0.05) is 33.2 Å². The standard InChI is InChI=1S/C15H25FN4O2S/c1-4-20(23(3,21)22)11-5-10-18-15(17-2)19-12-13-6-8-14(16)9-7-13/h6-9H,4-5,10-12H2,1-3H3,(H2,17,18,19). The summed E-state index contributed by atoms with van der Waals surface area (Å²) < 4.78 is 37.2. The van der Waals surface area contributed by atoms with Crippen LogP contribution in [0.15, 0.2) is 29.3 Å². The minimum Gasteiger partial charge on any atom is -0.356 e. The van der Waals surface area contributed by atoms with Crippen molar-refractivity contribution >= 4 is 16.0 Å². The summed E-state index contributed by atoms with van der Waals surface area (Å²) in [6.07, 6.45) is 1.89. The van der Waals surface area contributed by atoms with Crippen LogP contribution in [-0.2, 0) is 16.6 Å². The lowest BCUT2D eigenvalue weighted by Crippen LogP contribution is -2.39. The predicted octanol–water partition coefficient (Wildman–Crippen LogP) is 1.16. The third kappa shape index (κ3) is 7.43. The molecule has 0 atom stereocenters. The largest absolute Gasteiger partial charge is 0.356 e. The summed E-state index contributed by atoms with van der Waals surface area (Å²) in [4.78, 5) is 4.09. The highest BCUT2D eigenvalue weighted by Crippen LogP contribution is 2.02. The van der Waals surface area contributed by atoms with Crippen molar-refractivity contribution in [2.75, 3.05) is 32.9 Å². The minimum absolute atomic E-state index is 0.261. The van der Waals surface area contributed by atoms with Crippen molar-refractivity contribution in [1.29, 1.82) is 0 Å². The highest BCUT2D eigenvalue weighted by molar-refractivity contribution is 7.88. The van der Waals surface area contributed by atoms with E-state index in [1.54, 1.807) is 19.2 Å². The quantitative estimate of drug-likeness (QED) is 0.422. The van der Waals surface area contributed by atoms with Gasteiger partial charge >= 0.3 is 0 Å². The number of aliphatic imine (C=N–C) groups is 1. The van der Waals surface area contributed by atoms with Crippen LogP contribution in [-0.4, -0.2) is 51.6 Å². The first-order chi connectivity index (χ1) is 10.9. The van der Waals surface area contributed by atoms with Gasteiger partial charge in [-0.25, -0.2) is 17.1 Å². The van der Waals surface area contributed by atoms with E-state index in [0.29, 0.717) is 38.6 Å². The molecule has 23 heavy (non-hydrogen) atoms. The lowest BCUT2D eigenvalue weighted by Gasteiger charge is -2.18. The second kappa shape index (κ2) is 9.46. The monoisotopic (exact) mass is 344 g/mol. The van der Waals surface area contributed by atoms with Gasteiger partial charge in [0.05, 0.1) is 6.26 Å². The van der Waals surface area contributed by atoms with Crippen molar-refractivity contribution in [3.05, 3.63) is 35.6 Å². The van der Waals surface area contributed by atoms with Crippen molar-refractivity contribution in [3.63, 3.8) is 0 Å². The molecule has 6 nitrogen and oxygen atoms in total. The summed E-state index contributed by atoms with van der Waals surface area (Å²) >= 11 is 0. The summed E-state index contributed by atoms with van der Waals surface area (Å²) in [5.74, 6) is 0.361. The topological polar surface area (TPSA) is 73.8 Å². The Hall–Kier alpha value is -1.67. The van der Waals surface area contributed by atoms with Gasteiger partial charge in [0.1, 0.15) is 5.82 Å². The maximum atomic E-state index is 12.8. The van der Waals surface area contributed by atoms with E-state index in [0.717, 1.165) is 5.56 Å². The summed E-state index contributed by atoms with van der Waals surface area (Å²) in [5.41, 5.74) is 0.948. The molecule has 0 saturated carbocycles. The molecule has 8 heteroatoms. The van der Waals surface area contributed by atoms with E-state index in [-0.39, 0.29) is 5.82 Å². The molecule has 0 unspecified atom stereocenters. The van der Waals surface area contributed by atoms with Gasteiger partial charge in [0.25, 0.3) is 0 Å². The first kappa shape index (κ1) is 19.4. The number of hydrogen-bond acceptors (Lipinski definition) is 3. The van der Waals surface area contributed by atoms with Crippen LogP contribution in [0.4, 0.5) is 4.39 Å². The van der Waals surface area contributed by atoms with Gasteiger partial charge in [-0.15, -0.1) is 0 Å². The molecule has 1 aromatic rings. The molecule has 0 radical (unpaired) electrons. The average molecular weight is 344 g/mol. The molecule has 0 fully saturated rings. The lowest BCUT2D eigenvalue weighted by molar-refractivity contribution is 0.424. The van der Waals surface area contributed by atoms with Crippen molar-refractivity contribution in [2.24, 2.45) is 4.99 Å². The molecule has 0 aliphatic heterocycles. The van der Waals surface area contributed by atoms with Gasteiger partial charge in [-0.05, 0) is 24.1 Å². The van der Waals surface area contributed by atoms with Crippen LogP contribution < -0.4 is 10.6 Å². The summed E-state index contributed by atoms with van der Waals surface area (Å²) in [6, 6.07) is 6.25. The lowest BCUT2D eigenvalue weighted by atomic mass is 10.2.